The number of benzene rings is 4. The van der Waals surface area contributed by atoms with Crippen molar-refractivity contribution < 1.29 is 28.6 Å². The van der Waals surface area contributed by atoms with Crippen LogP contribution in [0.15, 0.2) is 96.6 Å². The highest BCUT2D eigenvalue weighted by molar-refractivity contribution is 6.39. The third-order valence-electron chi connectivity index (χ3n) is 6.28. The van der Waals surface area contributed by atoms with E-state index in [0.717, 1.165) is 16.0 Å². The topological polar surface area (TPSA) is 94.2 Å². The number of methoxy groups -OCH3 is 1. The summed E-state index contributed by atoms with van der Waals surface area (Å²) in [5.41, 5.74) is 2.23. The molecule has 4 aromatic rings. The first-order valence-electron chi connectivity index (χ1n) is 12.8. The first-order chi connectivity index (χ1) is 20.3. The molecule has 1 aliphatic heterocycles. The molecule has 1 saturated heterocycles. The Labute approximate surface area is 252 Å². The molecule has 0 bridgehead atoms. The number of rotatable bonds is 9. The molecule has 1 N–H and O–H groups in total. The molecule has 1 fully saturated rings. The number of imide groups is 2. The Balaban J connectivity index is 1.35. The van der Waals surface area contributed by atoms with Crippen molar-refractivity contribution in [2.45, 2.75) is 13.2 Å². The number of carbonyl (C=O) groups excluding carboxylic acids is 3. The quantitative estimate of drug-likeness (QED) is 0.167. The van der Waals surface area contributed by atoms with Gasteiger partial charge in [0, 0.05) is 5.02 Å². The Bertz CT molecular complexity index is 1670. The fourth-order valence-corrected chi connectivity index (χ4v) is 4.72. The van der Waals surface area contributed by atoms with Gasteiger partial charge < -0.3 is 14.2 Å². The standard InChI is InChI=1S/C32H24Cl2N2O6/c1-40-28-17-22(16-27(34)29(28)42-19-21-8-5-9-23(33)14-21)15-26-30(37)35-32(39)36(31(26)38)24-10-12-25(13-11-24)41-18-20-6-3-2-4-7-20/h2-17H,18-19H2,1H3,(H,35,37,39)/b26-15+. The van der Waals surface area contributed by atoms with Gasteiger partial charge in [0.1, 0.15) is 24.5 Å². The summed E-state index contributed by atoms with van der Waals surface area (Å²) >= 11 is 12.6. The van der Waals surface area contributed by atoms with Gasteiger partial charge in [-0.25, -0.2) is 9.69 Å². The Kier molecular flexibility index (Phi) is 8.76. The van der Waals surface area contributed by atoms with Crippen LogP contribution in [0, 0.1) is 0 Å². The zero-order chi connectivity index (χ0) is 29.6. The van der Waals surface area contributed by atoms with Gasteiger partial charge in [-0.2, -0.15) is 0 Å². The highest BCUT2D eigenvalue weighted by Crippen LogP contribution is 2.38. The van der Waals surface area contributed by atoms with Gasteiger partial charge in [-0.3, -0.25) is 14.9 Å². The minimum Gasteiger partial charge on any atom is -0.493 e. The molecule has 0 radical (unpaired) electrons. The summed E-state index contributed by atoms with van der Waals surface area (Å²) in [4.78, 5) is 39.6. The van der Waals surface area contributed by atoms with Crippen molar-refractivity contribution in [2.24, 2.45) is 0 Å². The Morgan fingerprint density at radius 1 is 0.810 bits per heavy atom. The van der Waals surface area contributed by atoms with Gasteiger partial charge in [-0.1, -0.05) is 65.7 Å². The van der Waals surface area contributed by atoms with Gasteiger partial charge in [-0.05, 0) is 71.3 Å². The van der Waals surface area contributed by atoms with Gasteiger partial charge in [0.05, 0.1) is 17.8 Å². The summed E-state index contributed by atoms with van der Waals surface area (Å²) < 4.78 is 17.1. The monoisotopic (exact) mass is 602 g/mol. The number of hydrogen-bond acceptors (Lipinski definition) is 6. The lowest BCUT2D eigenvalue weighted by molar-refractivity contribution is -0.122. The number of amides is 4. The maximum absolute atomic E-state index is 13.4. The van der Waals surface area contributed by atoms with Crippen molar-refractivity contribution in [2.75, 3.05) is 12.0 Å². The number of nitrogens with one attached hydrogen (secondary N) is 1. The number of carbonyl (C=O) groups is 3. The Hall–Kier alpha value is -4.79. The fourth-order valence-electron chi connectivity index (χ4n) is 4.24. The summed E-state index contributed by atoms with van der Waals surface area (Å²) in [6, 6.07) is 25.5. The second kappa shape index (κ2) is 12.8. The molecule has 1 aliphatic rings. The molecule has 0 spiro atoms. The van der Waals surface area contributed by atoms with Crippen LogP contribution in [0.2, 0.25) is 10.0 Å². The Morgan fingerprint density at radius 3 is 2.24 bits per heavy atom. The summed E-state index contributed by atoms with van der Waals surface area (Å²) in [5, 5.41) is 2.99. The molecule has 8 nitrogen and oxygen atoms in total. The maximum atomic E-state index is 13.4. The molecule has 10 heteroatoms. The van der Waals surface area contributed by atoms with Gasteiger partial charge in [-0.15, -0.1) is 0 Å². The molecule has 212 valence electrons. The first kappa shape index (κ1) is 28.7. The highest BCUT2D eigenvalue weighted by atomic mass is 35.5. The first-order valence-corrected chi connectivity index (χ1v) is 13.5. The predicted molar refractivity (Wildman–Crippen MR) is 160 cm³/mol. The number of nitrogens with zero attached hydrogens (tertiary/aromatic N) is 1. The zero-order valence-corrected chi connectivity index (χ0v) is 23.8. The molecule has 4 aromatic carbocycles. The van der Waals surface area contributed by atoms with Crippen LogP contribution in [0.4, 0.5) is 10.5 Å². The van der Waals surface area contributed by atoms with Crippen molar-refractivity contribution in [1.29, 1.82) is 0 Å². The normalized spacial score (nSPS) is 14.1. The predicted octanol–water partition coefficient (Wildman–Crippen LogP) is 6.83. The van der Waals surface area contributed by atoms with Gasteiger partial charge in [0.15, 0.2) is 11.5 Å². The van der Waals surface area contributed by atoms with E-state index in [0.29, 0.717) is 28.7 Å². The second-order valence-corrected chi connectivity index (χ2v) is 10.0. The number of hydrogen-bond donors (Lipinski definition) is 1. The largest absolute Gasteiger partial charge is 0.493 e. The molecule has 0 aromatic heterocycles. The summed E-state index contributed by atoms with van der Waals surface area (Å²) in [7, 11) is 1.45. The maximum Gasteiger partial charge on any atom is 0.335 e. The molecule has 0 aliphatic carbocycles. The van der Waals surface area contributed by atoms with E-state index >= 15 is 0 Å². The SMILES string of the molecule is COc1cc(/C=C2\C(=O)NC(=O)N(c3ccc(OCc4ccccc4)cc3)C2=O)cc(Cl)c1OCc1cccc(Cl)c1. The van der Waals surface area contributed by atoms with Crippen LogP contribution in [0.3, 0.4) is 0 Å². The van der Waals surface area contributed by atoms with Gasteiger partial charge in [0.25, 0.3) is 11.8 Å². The van der Waals surface area contributed by atoms with E-state index in [-0.39, 0.29) is 28.6 Å². The van der Waals surface area contributed by atoms with E-state index < -0.39 is 17.8 Å². The summed E-state index contributed by atoms with van der Waals surface area (Å²) in [5.74, 6) is -0.497. The van der Waals surface area contributed by atoms with Crippen molar-refractivity contribution in [3.63, 3.8) is 0 Å². The minimum atomic E-state index is -0.861. The van der Waals surface area contributed by atoms with E-state index in [9.17, 15) is 14.4 Å². The van der Waals surface area contributed by atoms with E-state index in [1.54, 1.807) is 42.5 Å². The number of urea groups is 1. The van der Waals surface area contributed by atoms with Crippen molar-refractivity contribution >= 4 is 52.8 Å². The van der Waals surface area contributed by atoms with E-state index in [4.69, 9.17) is 37.4 Å². The molecule has 0 saturated carbocycles. The van der Waals surface area contributed by atoms with Crippen molar-refractivity contribution in [3.8, 4) is 17.2 Å². The zero-order valence-electron chi connectivity index (χ0n) is 22.3. The lowest BCUT2D eigenvalue weighted by Crippen LogP contribution is -2.54. The van der Waals surface area contributed by atoms with Crippen LogP contribution in [0.5, 0.6) is 17.2 Å². The number of ether oxygens (including phenoxy) is 3. The molecule has 42 heavy (non-hydrogen) atoms. The van der Waals surface area contributed by atoms with Crippen LogP contribution in [0.1, 0.15) is 16.7 Å². The number of barbiturate groups is 1. The Morgan fingerprint density at radius 2 is 1.52 bits per heavy atom. The van der Waals surface area contributed by atoms with Crippen LogP contribution in [0.25, 0.3) is 6.08 Å². The van der Waals surface area contributed by atoms with Crippen LogP contribution < -0.4 is 24.4 Å². The number of halogens is 2. The van der Waals surface area contributed by atoms with Gasteiger partial charge in [0.2, 0.25) is 0 Å². The lowest BCUT2D eigenvalue weighted by atomic mass is 10.1. The third kappa shape index (κ3) is 6.57. The van der Waals surface area contributed by atoms with Crippen LogP contribution in [-0.2, 0) is 22.8 Å². The van der Waals surface area contributed by atoms with Crippen molar-refractivity contribution in [1.82, 2.24) is 5.32 Å². The minimum absolute atomic E-state index is 0.186. The van der Waals surface area contributed by atoms with Crippen LogP contribution in [-0.4, -0.2) is 25.0 Å². The molecule has 0 atom stereocenters. The third-order valence-corrected chi connectivity index (χ3v) is 6.80. The molecule has 0 unspecified atom stereocenters. The average Bonchev–Trinajstić information content (AvgIpc) is 2.98. The summed E-state index contributed by atoms with van der Waals surface area (Å²) in [6.07, 6.45) is 1.34. The van der Waals surface area contributed by atoms with Gasteiger partial charge >= 0.3 is 6.03 Å². The molecule has 1 heterocycles. The average molecular weight is 603 g/mol. The van der Waals surface area contributed by atoms with E-state index in [1.165, 1.54) is 19.3 Å². The fraction of sp³-hybridized carbons (Fsp3) is 0.0938. The molecule has 5 rings (SSSR count). The molecular weight excluding hydrogens is 579 g/mol. The van der Waals surface area contributed by atoms with Crippen molar-refractivity contribution in [3.05, 3.63) is 123 Å². The smallest absolute Gasteiger partial charge is 0.335 e. The van der Waals surface area contributed by atoms with E-state index in [1.807, 2.05) is 42.5 Å². The molecule has 4 amide bonds. The lowest BCUT2D eigenvalue weighted by Gasteiger charge is -2.26. The summed E-state index contributed by atoms with van der Waals surface area (Å²) in [6.45, 7) is 0.548. The highest BCUT2D eigenvalue weighted by Gasteiger charge is 2.37. The van der Waals surface area contributed by atoms with Crippen LogP contribution >= 0.6 is 23.2 Å². The number of anilines is 1. The van der Waals surface area contributed by atoms with E-state index in [2.05, 4.69) is 5.32 Å². The second-order valence-electron chi connectivity index (χ2n) is 9.18. The molecular formula is C32H24Cl2N2O6.